The minimum Gasteiger partial charge on any atom is -0.370 e. The van der Waals surface area contributed by atoms with Crippen molar-refractivity contribution in [1.82, 2.24) is 9.97 Å². The molecule has 2 rings (SSSR count). The Morgan fingerprint density at radius 3 is 2.71 bits per heavy atom. The summed E-state index contributed by atoms with van der Waals surface area (Å²) in [6.07, 6.45) is 3.69. The van der Waals surface area contributed by atoms with E-state index in [4.69, 9.17) is 11.6 Å². The smallest absolute Gasteiger partial charge is 0.133 e. The highest BCUT2D eigenvalue weighted by Gasteiger charge is 2.11. The molecule has 0 radical (unpaired) electrons. The second-order valence-electron chi connectivity index (χ2n) is 4.67. The Morgan fingerprint density at radius 1 is 1.19 bits per heavy atom. The molecule has 1 N–H and O–H groups in total. The number of nitrogens with zero attached hydrogens (tertiary/aromatic N) is 2. The highest BCUT2D eigenvalue weighted by molar-refractivity contribution is 7.98. The van der Waals surface area contributed by atoms with Crippen molar-refractivity contribution >= 4 is 29.2 Å². The van der Waals surface area contributed by atoms with Crippen LogP contribution in [0.2, 0.25) is 5.02 Å². The fraction of sp³-hybridized carbons (Fsp3) is 0.375. The molecule has 0 saturated carbocycles. The Bertz CT molecular complexity index is 589. The van der Waals surface area contributed by atoms with Crippen molar-refractivity contribution in [3.8, 4) is 0 Å². The van der Waals surface area contributed by atoms with Gasteiger partial charge in [-0.3, -0.25) is 0 Å². The number of nitrogens with one attached hydrogen (secondary N) is 1. The lowest BCUT2D eigenvalue weighted by molar-refractivity contribution is 0.855. The molecule has 0 aliphatic rings. The van der Waals surface area contributed by atoms with E-state index in [1.807, 2.05) is 18.2 Å². The molecule has 1 aromatic heterocycles. The second kappa shape index (κ2) is 8.25. The molecule has 2 aromatic rings. The molecular formula is C16H20ClN3S. The molecule has 21 heavy (non-hydrogen) atoms. The highest BCUT2D eigenvalue weighted by atomic mass is 35.5. The number of hydrogen-bond acceptors (Lipinski definition) is 4. The molecule has 1 heterocycles. The van der Waals surface area contributed by atoms with E-state index < -0.39 is 0 Å². The van der Waals surface area contributed by atoms with Gasteiger partial charge in [0, 0.05) is 22.9 Å². The van der Waals surface area contributed by atoms with Crippen molar-refractivity contribution in [2.24, 2.45) is 0 Å². The van der Waals surface area contributed by atoms with Gasteiger partial charge in [0.15, 0.2) is 0 Å². The molecule has 0 fully saturated rings. The zero-order chi connectivity index (χ0) is 15.1. The minimum absolute atomic E-state index is 0.808. The molecule has 112 valence electrons. The van der Waals surface area contributed by atoms with Crippen LogP contribution in [0.5, 0.6) is 0 Å². The van der Waals surface area contributed by atoms with Crippen LogP contribution in [0.1, 0.15) is 31.4 Å². The number of hydrogen-bond donors (Lipinski definition) is 1. The normalized spacial score (nSPS) is 10.6. The Morgan fingerprint density at radius 2 is 2.00 bits per heavy atom. The van der Waals surface area contributed by atoms with Gasteiger partial charge in [-0.15, -0.1) is 11.8 Å². The lowest BCUT2D eigenvalue weighted by Gasteiger charge is -2.13. The van der Waals surface area contributed by atoms with Crippen molar-refractivity contribution in [1.29, 1.82) is 0 Å². The number of halogens is 1. The monoisotopic (exact) mass is 321 g/mol. The Labute approximate surface area is 135 Å². The average molecular weight is 322 g/mol. The molecule has 0 spiro atoms. The summed E-state index contributed by atoms with van der Waals surface area (Å²) in [5.74, 6) is 1.77. The number of thioether (sulfide) groups is 1. The number of anilines is 1. The zero-order valence-corrected chi connectivity index (χ0v) is 14.0. The van der Waals surface area contributed by atoms with Crippen molar-refractivity contribution in [2.75, 3.05) is 11.9 Å². The molecule has 0 aliphatic carbocycles. The van der Waals surface area contributed by atoms with E-state index in [2.05, 4.69) is 35.2 Å². The minimum atomic E-state index is 0.808. The maximum Gasteiger partial charge on any atom is 0.133 e. The Kier molecular flexibility index (Phi) is 6.33. The van der Waals surface area contributed by atoms with Gasteiger partial charge in [-0.25, -0.2) is 9.97 Å². The lowest BCUT2D eigenvalue weighted by atomic mass is 10.2. The van der Waals surface area contributed by atoms with Crippen molar-refractivity contribution in [3.63, 3.8) is 0 Å². The Hall–Kier alpha value is -1.26. The topological polar surface area (TPSA) is 37.8 Å². The number of rotatable bonds is 7. The van der Waals surface area contributed by atoms with Crippen LogP contribution in [0.3, 0.4) is 0 Å². The maximum absolute atomic E-state index is 6.21. The fourth-order valence-electron chi connectivity index (χ4n) is 2.08. The van der Waals surface area contributed by atoms with Gasteiger partial charge < -0.3 is 5.32 Å². The first-order valence-corrected chi connectivity index (χ1v) is 8.56. The summed E-state index contributed by atoms with van der Waals surface area (Å²) < 4.78 is 0. The Balaban J connectivity index is 2.19. The summed E-state index contributed by atoms with van der Waals surface area (Å²) in [6.45, 7) is 5.11. The maximum atomic E-state index is 6.21. The molecule has 3 nitrogen and oxygen atoms in total. The van der Waals surface area contributed by atoms with E-state index in [1.54, 1.807) is 18.1 Å². The fourth-order valence-corrected chi connectivity index (χ4v) is 3.40. The lowest BCUT2D eigenvalue weighted by Crippen LogP contribution is -2.06. The molecule has 0 atom stereocenters. The van der Waals surface area contributed by atoms with Gasteiger partial charge in [0.1, 0.15) is 17.2 Å². The number of benzene rings is 1. The molecule has 1 aromatic carbocycles. The highest BCUT2D eigenvalue weighted by Crippen LogP contribution is 2.30. The van der Waals surface area contributed by atoms with E-state index in [9.17, 15) is 0 Å². The van der Waals surface area contributed by atoms with E-state index in [-0.39, 0.29) is 0 Å². The van der Waals surface area contributed by atoms with E-state index in [0.29, 0.717) is 0 Å². The van der Waals surface area contributed by atoms with Gasteiger partial charge in [0.2, 0.25) is 0 Å². The molecule has 0 bridgehead atoms. The van der Waals surface area contributed by atoms with Crippen molar-refractivity contribution in [2.45, 2.75) is 37.5 Å². The van der Waals surface area contributed by atoms with Crippen LogP contribution >= 0.6 is 23.4 Å². The summed E-state index contributed by atoms with van der Waals surface area (Å²) in [5.41, 5.74) is 2.34. The van der Waals surface area contributed by atoms with Crippen LogP contribution in [-0.4, -0.2) is 16.5 Å². The molecule has 5 heteroatoms. The van der Waals surface area contributed by atoms with Crippen molar-refractivity contribution < 1.29 is 0 Å². The first-order chi connectivity index (χ1) is 10.3. The van der Waals surface area contributed by atoms with Crippen LogP contribution in [0.15, 0.2) is 35.6 Å². The third kappa shape index (κ3) is 4.35. The summed E-state index contributed by atoms with van der Waals surface area (Å²) in [6, 6.07) is 7.95. The third-order valence-corrected chi connectivity index (χ3v) is 4.52. The number of aromatic nitrogens is 2. The summed E-state index contributed by atoms with van der Waals surface area (Å²) >= 11 is 7.93. The summed E-state index contributed by atoms with van der Waals surface area (Å²) in [4.78, 5) is 8.81. The first-order valence-electron chi connectivity index (χ1n) is 7.20. The molecule has 0 amide bonds. The average Bonchev–Trinajstić information content (AvgIpc) is 2.49. The van der Waals surface area contributed by atoms with Gasteiger partial charge in [-0.05, 0) is 25.0 Å². The standard InChI is InChI=1S/C16H20ClN3S/c1-3-7-13-15(18-4-2)19-11-20-16(13)21-10-12-8-5-6-9-14(12)17/h5-6,8-9,11H,3-4,7,10H2,1-2H3,(H,18,19,20). The molecule has 0 saturated heterocycles. The predicted octanol–water partition coefficient (Wildman–Crippen LogP) is 4.81. The van der Waals surface area contributed by atoms with Crippen LogP contribution < -0.4 is 5.32 Å². The quantitative estimate of drug-likeness (QED) is 0.587. The van der Waals surface area contributed by atoms with E-state index in [0.717, 1.165) is 46.6 Å². The van der Waals surface area contributed by atoms with Gasteiger partial charge in [0.05, 0.1) is 0 Å². The SMILES string of the molecule is CCCc1c(NCC)ncnc1SCc1ccccc1Cl. The van der Waals surface area contributed by atoms with E-state index in [1.165, 1.54) is 5.56 Å². The van der Waals surface area contributed by atoms with Crippen LogP contribution in [0, 0.1) is 0 Å². The van der Waals surface area contributed by atoms with Crippen LogP contribution in [-0.2, 0) is 12.2 Å². The van der Waals surface area contributed by atoms with E-state index >= 15 is 0 Å². The van der Waals surface area contributed by atoms with Gasteiger partial charge in [-0.2, -0.15) is 0 Å². The van der Waals surface area contributed by atoms with Crippen molar-refractivity contribution in [3.05, 3.63) is 46.7 Å². The van der Waals surface area contributed by atoms with Crippen LogP contribution in [0.4, 0.5) is 5.82 Å². The molecule has 0 aliphatic heterocycles. The van der Waals surface area contributed by atoms with Gasteiger partial charge in [-0.1, -0.05) is 43.1 Å². The summed E-state index contributed by atoms with van der Waals surface area (Å²) in [5, 5.41) is 5.17. The third-order valence-electron chi connectivity index (χ3n) is 3.07. The molecule has 0 unspecified atom stereocenters. The predicted molar refractivity (Wildman–Crippen MR) is 91.2 cm³/mol. The van der Waals surface area contributed by atoms with Gasteiger partial charge in [0.25, 0.3) is 0 Å². The van der Waals surface area contributed by atoms with Crippen LogP contribution in [0.25, 0.3) is 0 Å². The largest absolute Gasteiger partial charge is 0.370 e. The second-order valence-corrected chi connectivity index (χ2v) is 6.04. The van der Waals surface area contributed by atoms with Gasteiger partial charge >= 0.3 is 0 Å². The zero-order valence-electron chi connectivity index (χ0n) is 12.4. The summed E-state index contributed by atoms with van der Waals surface area (Å²) in [7, 11) is 0. The first kappa shape index (κ1) is 16.1. The molecular weight excluding hydrogens is 302 g/mol.